The minimum absolute atomic E-state index is 0.151. The van der Waals surface area contributed by atoms with Gasteiger partial charge in [-0.25, -0.2) is 4.79 Å². The van der Waals surface area contributed by atoms with Crippen molar-refractivity contribution < 1.29 is 9.21 Å². The summed E-state index contributed by atoms with van der Waals surface area (Å²) in [4.78, 5) is 26.6. The molecule has 0 saturated carbocycles. The van der Waals surface area contributed by atoms with Crippen molar-refractivity contribution in [2.45, 2.75) is 13.8 Å². The van der Waals surface area contributed by atoms with Crippen LogP contribution in [0.3, 0.4) is 0 Å². The van der Waals surface area contributed by atoms with Crippen LogP contribution in [0.15, 0.2) is 69.9 Å². The van der Waals surface area contributed by atoms with E-state index < -0.39 is 5.63 Å². The lowest BCUT2D eigenvalue weighted by molar-refractivity contribution is 0.104. The maximum Gasteiger partial charge on any atom is 0.343 e. The van der Waals surface area contributed by atoms with Gasteiger partial charge in [-0.3, -0.25) is 4.79 Å². The van der Waals surface area contributed by atoms with Crippen LogP contribution < -0.4 is 10.5 Å². The molecule has 3 aromatic rings. The van der Waals surface area contributed by atoms with E-state index in [9.17, 15) is 9.59 Å². The van der Waals surface area contributed by atoms with Gasteiger partial charge in [0, 0.05) is 35.8 Å². The lowest BCUT2D eigenvalue weighted by Gasteiger charge is -2.20. The van der Waals surface area contributed by atoms with E-state index >= 15 is 0 Å². The lowest BCUT2D eigenvalue weighted by atomic mass is 10.1. The molecule has 4 heteroatoms. The topological polar surface area (TPSA) is 50.5 Å². The van der Waals surface area contributed by atoms with Gasteiger partial charge in [-0.15, -0.1) is 0 Å². The molecule has 0 saturated heterocycles. The van der Waals surface area contributed by atoms with Crippen LogP contribution >= 0.6 is 0 Å². The standard InChI is InChI=1S/C22H21NO3/c1-3-23(4-2)19-12-10-17-14-18(22(25)26-21(17)15-19)11-13-20(24)16-8-6-5-7-9-16/h5-15H,3-4H2,1-2H3/b13-11+. The van der Waals surface area contributed by atoms with Gasteiger partial charge in [-0.2, -0.15) is 0 Å². The Morgan fingerprint density at radius 2 is 1.77 bits per heavy atom. The number of anilines is 1. The molecule has 3 rings (SSSR count). The largest absolute Gasteiger partial charge is 0.422 e. The van der Waals surface area contributed by atoms with E-state index in [1.165, 1.54) is 12.2 Å². The first-order chi connectivity index (χ1) is 12.6. The number of hydrogen-bond donors (Lipinski definition) is 0. The van der Waals surface area contributed by atoms with Crippen LogP contribution in [-0.4, -0.2) is 18.9 Å². The van der Waals surface area contributed by atoms with E-state index in [2.05, 4.69) is 18.7 Å². The van der Waals surface area contributed by atoms with Crippen molar-refractivity contribution >= 4 is 28.5 Å². The Balaban J connectivity index is 1.92. The minimum Gasteiger partial charge on any atom is -0.422 e. The van der Waals surface area contributed by atoms with Gasteiger partial charge in [0.05, 0.1) is 5.56 Å². The quantitative estimate of drug-likeness (QED) is 0.373. The summed E-state index contributed by atoms with van der Waals surface area (Å²) in [6, 6.07) is 16.5. The van der Waals surface area contributed by atoms with Crippen molar-refractivity contribution in [2.24, 2.45) is 0 Å². The number of rotatable bonds is 6. The molecule has 1 aromatic heterocycles. The smallest absolute Gasteiger partial charge is 0.343 e. The normalized spacial score (nSPS) is 11.2. The Hall–Kier alpha value is -3.14. The average molecular weight is 347 g/mol. The molecule has 0 amide bonds. The van der Waals surface area contributed by atoms with E-state index in [1.54, 1.807) is 30.3 Å². The van der Waals surface area contributed by atoms with Crippen LogP contribution in [0.5, 0.6) is 0 Å². The molecule has 132 valence electrons. The van der Waals surface area contributed by atoms with Gasteiger partial charge in [0.2, 0.25) is 0 Å². The molecule has 0 atom stereocenters. The molecule has 0 aliphatic rings. The fraction of sp³-hybridized carbons (Fsp3) is 0.182. The van der Waals surface area contributed by atoms with Crippen molar-refractivity contribution in [1.82, 2.24) is 0 Å². The van der Waals surface area contributed by atoms with Gasteiger partial charge in [-0.1, -0.05) is 30.3 Å². The highest BCUT2D eigenvalue weighted by Crippen LogP contribution is 2.22. The van der Waals surface area contributed by atoms with Gasteiger partial charge in [-0.05, 0) is 44.2 Å². The maximum atomic E-state index is 12.3. The summed E-state index contributed by atoms with van der Waals surface area (Å²) in [5.41, 5.74) is 2.06. The predicted octanol–water partition coefficient (Wildman–Crippen LogP) is 4.54. The molecule has 1 heterocycles. The number of carbonyl (C=O) groups excluding carboxylic acids is 1. The van der Waals surface area contributed by atoms with Crippen LogP contribution in [0.2, 0.25) is 0 Å². The molecule has 26 heavy (non-hydrogen) atoms. The second kappa shape index (κ2) is 7.83. The van der Waals surface area contributed by atoms with Crippen molar-refractivity contribution in [2.75, 3.05) is 18.0 Å². The Kier molecular flexibility index (Phi) is 5.32. The SMILES string of the molecule is CCN(CC)c1ccc2cc(/C=C/C(=O)c3ccccc3)c(=O)oc2c1. The van der Waals surface area contributed by atoms with Gasteiger partial charge in [0.15, 0.2) is 5.78 Å². The summed E-state index contributed by atoms with van der Waals surface area (Å²) < 4.78 is 5.47. The van der Waals surface area contributed by atoms with Crippen molar-refractivity contribution in [3.63, 3.8) is 0 Å². The molecule has 0 radical (unpaired) electrons. The van der Waals surface area contributed by atoms with Gasteiger partial charge >= 0.3 is 5.63 Å². The van der Waals surface area contributed by atoms with Crippen molar-refractivity contribution in [1.29, 1.82) is 0 Å². The highest BCUT2D eigenvalue weighted by Gasteiger charge is 2.08. The second-order valence-corrected chi connectivity index (χ2v) is 5.95. The highest BCUT2D eigenvalue weighted by atomic mass is 16.4. The molecule has 0 bridgehead atoms. The van der Waals surface area contributed by atoms with E-state index in [0.29, 0.717) is 16.7 Å². The van der Waals surface area contributed by atoms with Crippen LogP contribution in [0.4, 0.5) is 5.69 Å². The zero-order chi connectivity index (χ0) is 18.5. The maximum absolute atomic E-state index is 12.3. The molecular weight excluding hydrogens is 326 g/mol. The van der Waals surface area contributed by atoms with Gasteiger partial charge in [0.1, 0.15) is 5.58 Å². The van der Waals surface area contributed by atoms with Crippen molar-refractivity contribution in [3.05, 3.63) is 82.2 Å². The fourth-order valence-corrected chi connectivity index (χ4v) is 2.88. The molecule has 0 fully saturated rings. The Labute approximate surface area is 152 Å². The van der Waals surface area contributed by atoms with Crippen LogP contribution in [-0.2, 0) is 0 Å². The number of ketones is 1. The summed E-state index contributed by atoms with van der Waals surface area (Å²) in [5, 5.41) is 0.826. The van der Waals surface area contributed by atoms with E-state index in [1.807, 2.05) is 24.3 Å². The first-order valence-corrected chi connectivity index (χ1v) is 8.72. The molecule has 0 aliphatic carbocycles. The minimum atomic E-state index is -0.452. The predicted molar refractivity (Wildman–Crippen MR) is 106 cm³/mol. The lowest BCUT2D eigenvalue weighted by Crippen LogP contribution is -2.21. The van der Waals surface area contributed by atoms with Crippen LogP contribution in [0.25, 0.3) is 17.0 Å². The third-order valence-electron chi connectivity index (χ3n) is 4.35. The molecule has 0 spiro atoms. The molecule has 0 unspecified atom stereocenters. The van der Waals surface area contributed by atoms with E-state index in [-0.39, 0.29) is 5.78 Å². The average Bonchev–Trinajstić information content (AvgIpc) is 2.67. The first kappa shape index (κ1) is 17.7. The van der Waals surface area contributed by atoms with E-state index in [4.69, 9.17) is 4.42 Å². The number of hydrogen-bond acceptors (Lipinski definition) is 4. The highest BCUT2D eigenvalue weighted by molar-refractivity contribution is 6.06. The monoisotopic (exact) mass is 347 g/mol. The number of nitrogens with zero attached hydrogens (tertiary/aromatic N) is 1. The summed E-state index contributed by atoms with van der Waals surface area (Å²) in [6.07, 6.45) is 2.91. The summed E-state index contributed by atoms with van der Waals surface area (Å²) in [7, 11) is 0. The van der Waals surface area contributed by atoms with Gasteiger partial charge < -0.3 is 9.32 Å². The van der Waals surface area contributed by atoms with Crippen molar-refractivity contribution in [3.8, 4) is 0 Å². The Bertz CT molecular complexity index is 999. The van der Waals surface area contributed by atoms with Crippen LogP contribution in [0.1, 0.15) is 29.8 Å². The van der Waals surface area contributed by atoms with E-state index in [0.717, 1.165) is 24.2 Å². The number of allylic oxidation sites excluding steroid dienone is 1. The van der Waals surface area contributed by atoms with Crippen LogP contribution in [0, 0.1) is 0 Å². The second-order valence-electron chi connectivity index (χ2n) is 5.95. The number of benzene rings is 2. The zero-order valence-corrected chi connectivity index (χ0v) is 14.9. The molecule has 0 N–H and O–H groups in total. The summed E-state index contributed by atoms with van der Waals surface area (Å²) in [6.45, 7) is 5.94. The molecule has 4 nitrogen and oxygen atoms in total. The number of fused-ring (bicyclic) bond motifs is 1. The first-order valence-electron chi connectivity index (χ1n) is 8.72. The third kappa shape index (κ3) is 3.75. The Morgan fingerprint density at radius 1 is 1.04 bits per heavy atom. The third-order valence-corrected chi connectivity index (χ3v) is 4.35. The Morgan fingerprint density at radius 3 is 2.46 bits per heavy atom. The summed E-state index contributed by atoms with van der Waals surface area (Å²) >= 11 is 0. The molecule has 2 aromatic carbocycles. The summed E-state index contributed by atoms with van der Waals surface area (Å²) in [5.74, 6) is -0.151. The fourth-order valence-electron chi connectivity index (χ4n) is 2.88. The van der Waals surface area contributed by atoms with Gasteiger partial charge in [0.25, 0.3) is 0 Å². The molecular formula is C22H21NO3. The molecule has 0 aliphatic heterocycles. The zero-order valence-electron chi connectivity index (χ0n) is 14.9. The number of carbonyl (C=O) groups is 1.